The van der Waals surface area contributed by atoms with E-state index in [1.54, 1.807) is 0 Å². The lowest BCUT2D eigenvalue weighted by molar-refractivity contribution is -0.117. The molecule has 0 amide bonds. The van der Waals surface area contributed by atoms with E-state index in [9.17, 15) is 5.26 Å². The van der Waals surface area contributed by atoms with E-state index >= 15 is 0 Å². The monoisotopic (exact) mass is 265 g/mol. The summed E-state index contributed by atoms with van der Waals surface area (Å²) in [4.78, 5) is 0. The fourth-order valence-electron chi connectivity index (χ4n) is 4.21. The molecule has 0 bridgehead atoms. The van der Waals surface area contributed by atoms with E-state index in [1.165, 1.54) is 37.2 Å². The molecule has 18 heavy (non-hydrogen) atoms. The third kappa shape index (κ3) is 2.18. The first kappa shape index (κ1) is 12.8. The number of hydrogen-bond acceptors (Lipinski definition) is 3. The molecule has 1 saturated carbocycles. The van der Waals surface area contributed by atoms with Gasteiger partial charge in [0.25, 0.3) is 0 Å². The Bertz CT molecular complexity index is 331. The van der Waals surface area contributed by atoms with Crippen LogP contribution in [0.5, 0.6) is 0 Å². The molecule has 3 heteroatoms. The summed E-state index contributed by atoms with van der Waals surface area (Å²) in [5, 5.41) is 9.66. The van der Waals surface area contributed by atoms with Gasteiger partial charge in [-0.1, -0.05) is 12.8 Å². The molecule has 3 aliphatic rings. The standard InChI is InChI=1S/C15H23NOS/c16-12-14(4-1-2-5-14)13-3-8-17-15(11-13)6-9-18-10-7-15/h13H,1-11H2. The van der Waals surface area contributed by atoms with Gasteiger partial charge in [-0.25, -0.2) is 0 Å². The van der Waals surface area contributed by atoms with Crippen LogP contribution in [0.1, 0.15) is 51.4 Å². The molecule has 3 rings (SSSR count). The molecule has 1 aliphatic carbocycles. The zero-order valence-corrected chi connectivity index (χ0v) is 11.9. The summed E-state index contributed by atoms with van der Waals surface area (Å²) in [5.74, 6) is 3.08. The summed E-state index contributed by atoms with van der Waals surface area (Å²) in [6, 6.07) is 2.71. The average Bonchev–Trinajstić information content (AvgIpc) is 2.90. The van der Waals surface area contributed by atoms with Gasteiger partial charge >= 0.3 is 0 Å². The van der Waals surface area contributed by atoms with Crippen molar-refractivity contribution in [3.8, 4) is 6.07 Å². The van der Waals surface area contributed by atoms with Crippen molar-refractivity contribution in [3.05, 3.63) is 0 Å². The molecule has 2 heterocycles. The topological polar surface area (TPSA) is 33.0 Å². The zero-order valence-electron chi connectivity index (χ0n) is 11.1. The molecule has 2 saturated heterocycles. The third-order valence-electron chi connectivity index (χ3n) is 5.40. The minimum atomic E-state index is 0.00136. The number of nitriles is 1. The van der Waals surface area contributed by atoms with Crippen LogP contribution in [-0.4, -0.2) is 23.7 Å². The van der Waals surface area contributed by atoms with Crippen molar-refractivity contribution in [2.45, 2.75) is 57.0 Å². The molecule has 1 atom stereocenters. The van der Waals surface area contributed by atoms with E-state index in [1.807, 2.05) is 0 Å². The smallest absolute Gasteiger partial charge is 0.0701 e. The first-order chi connectivity index (χ1) is 8.79. The van der Waals surface area contributed by atoms with Crippen LogP contribution >= 0.6 is 11.8 Å². The highest BCUT2D eigenvalue weighted by molar-refractivity contribution is 7.99. The van der Waals surface area contributed by atoms with Crippen LogP contribution in [-0.2, 0) is 4.74 Å². The van der Waals surface area contributed by atoms with E-state index in [0.29, 0.717) is 5.92 Å². The number of thioether (sulfide) groups is 1. The molecule has 0 aromatic rings. The Hall–Kier alpha value is -0.200. The number of rotatable bonds is 1. The van der Waals surface area contributed by atoms with Gasteiger partial charge in [0, 0.05) is 6.61 Å². The van der Waals surface area contributed by atoms with Gasteiger partial charge in [0.15, 0.2) is 0 Å². The van der Waals surface area contributed by atoms with Crippen molar-refractivity contribution >= 4 is 11.8 Å². The first-order valence-corrected chi connectivity index (χ1v) is 8.57. The van der Waals surface area contributed by atoms with Crippen LogP contribution in [0.4, 0.5) is 0 Å². The van der Waals surface area contributed by atoms with Crippen LogP contribution in [0.25, 0.3) is 0 Å². The minimum absolute atomic E-state index is 0.00136. The van der Waals surface area contributed by atoms with E-state index in [4.69, 9.17) is 4.74 Å². The number of ether oxygens (including phenoxy) is 1. The molecule has 0 N–H and O–H groups in total. The lowest BCUT2D eigenvalue weighted by atomic mass is 9.67. The Morgan fingerprint density at radius 1 is 1.11 bits per heavy atom. The predicted octanol–water partition coefficient (Wildman–Crippen LogP) is 3.76. The van der Waals surface area contributed by atoms with Crippen LogP contribution in [0, 0.1) is 22.7 Å². The van der Waals surface area contributed by atoms with Gasteiger partial charge in [-0.15, -0.1) is 0 Å². The molecule has 2 aliphatic heterocycles. The molecular formula is C15H23NOS. The largest absolute Gasteiger partial charge is 0.375 e. The maximum atomic E-state index is 9.66. The normalized spacial score (nSPS) is 34.3. The summed E-state index contributed by atoms with van der Waals surface area (Å²) in [6.07, 6.45) is 9.47. The summed E-state index contributed by atoms with van der Waals surface area (Å²) >= 11 is 2.06. The maximum Gasteiger partial charge on any atom is 0.0701 e. The van der Waals surface area contributed by atoms with Gasteiger partial charge in [0.2, 0.25) is 0 Å². The van der Waals surface area contributed by atoms with Gasteiger partial charge in [0.05, 0.1) is 17.1 Å². The summed E-state index contributed by atoms with van der Waals surface area (Å²) in [7, 11) is 0. The lowest BCUT2D eigenvalue weighted by Crippen LogP contribution is -2.46. The molecule has 1 spiro atoms. The quantitative estimate of drug-likeness (QED) is 0.723. The van der Waals surface area contributed by atoms with Crippen molar-refractivity contribution in [3.63, 3.8) is 0 Å². The fraction of sp³-hybridized carbons (Fsp3) is 0.933. The average molecular weight is 265 g/mol. The second kappa shape index (κ2) is 5.06. The van der Waals surface area contributed by atoms with Crippen molar-refractivity contribution in [1.82, 2.24) is 0 Å². The predicted molar refractivity (Wildman–Crippen MR) is 74.5 cm³/mol. The van der Waals surface area contributed by atoms with Crippen LogP contribution in [0.3, 0.4) is 0 Å². The SMILES string of the molecule is N#CC1(C2CCOC3(CCSCC3)C2)CCCC1. The van der Waals surface area contributed by atoms with Gasteiger partial charge in [-0.05, 0) is 55.9 Å². The van der Waals surface area contributed by atoms with Gasteiger partial charge in [-0.2, -0.15) is 17.0 Å². The van der Waals surface area contributed by atoms with E-state index < -0.39 is 0 Å². The lowest BCUT2D eigenvalue weighted by Gasteiger charge is -2.47. The first-order valence-electron chi connectivity index (χ1n) is 7.42. The Kier molecular flexibility index (Phi) is 3.60. The van der Waals surface area contributed by atoms with Gasteiger partial charge in [0.1, 0.15) is 0 Å². The Balaban J connectivity index is 1.75. The van der Waals surface area contributed by atoms with E-state index in [0.717, 1.165) is 32.3 Å². The molecule has 0 aromatic carbocycles. The fourth-order valence-corrected chi connectivity index (χ4v) is 5.45. The highest BCUT2D eigenvalue weighted by atomic mass is 32.2. The maximum absolute atomic E-state index is 9.66. The van der Waals surface area contributed by atoms with Crippen molar-refractivity contribution in [2.24, 2.45) is 11.3 Å². The molecule has 3 fully saturated rings. The summed E-state index contributed by atoms with van der Waals surface area (Å²) < 4.78 is 6.16. The summed E-state index contributed by atoms with van der Waals surface area (Å²) in [6.45, 7) is 0.888. The van der Waals surface area contributed by atoms with Crippen molar-refractivity contribution in [2.75, 3.05) is 18.1 Å². The van der Waals surface area contributed by atoms with Gasteiger partial charge < -0.3 is 4.74 Å². The number of hydrogen-bond donors (Lipinski definition) is 0. The third-order valence-corrected chi connectivity index (χ3v) is 6.38. The molecule has 1 unspecified atom stereocenters. The molecule has 100 valence electrons. The van der Waals surface area contributed by atoms with Crippen molar-refractivity contribution in [1.29, 1.82) is 5.26 Å². The Morgan fingerprint density at radius 2 is 1.83 bits per heavy atom. The molecule has 0 radical (unpaired) electrons. The second-order valence-electron chi connectivity index (χ2n) is 6.31. The highest BCUT2D eigenvalue weighted by Crippen LogP contribution is 2.52. The van der Waals surface area contributed by atoms with Gasteiger partial charge in [-0.3, -0.25) is 0 Å². The Morgan fingerprint density at radius 3 is 2.50 bits per heavy atom. The highest BCUT2D eigenvalue weighted by Gasteiger charge is 2.48. The molecule has 0 aromatic heterocycles. The Labute approximate surface area is 114 Å². The summed E-state index contributed by atoms with van der Waals surface area (Å²) in [5.41, 5.74) is 0.141. The molecule has 2 nitrogen and oxygen atoms in total. The minimum Gasteiger partial charge on any atom is -0.375 e. The van der Waals surface area contributed by atoms with E-state index in [2.05, 4.69) is 17.8 Å². The van der Waals surface area contributed by atoms with Crippen LogP contribution in [0.2, 0.25) is 0 Å². The van der Waals surface area contributed by atoms with Crippen molar-refractivity contribution < 1.29 is 4.74 Å². The van der Waals surface area contributed by atoms with E-state index in [-0.39, 0.29) is 11.0 Å². The number of nitrogens with zero attached hydrogens (tertiary/aromatic N) is 1. The second-order valence-corrected chi connectivity index (χ2v) is 7.53. The van der Waals surface area contributed by atoms with Crippen LogP contribution in [0.15, 0.2) is 0 Å². The zero-order chi connectivity index (χ0) is 12.5. The molecular weight excluding hydrogens is 242 g/mol. The van der Waals surface area contributed by atoms with Crippen LogP contribution < -0.4 is 0 Å².